The molecule has 0 spiro atoms. The zero-order valence-corrected chi connectivity index (χ0v) is 15.7. The van der Waals surface area contributed by atoms with E-state index in [4.69, 9.17) is 0 Å². The molecule has 2 heterocycles. The van der Waals surface area contributed by atoms with Gasteiger partial charge < -0.3 is 15.1 Å². The molecule has 0 aliphatic carbocycles. The van der Waals surface area contributed by atoms with Crippen molar-refractivity contribution < 1.29 is 4.79 Å². The van der Waals surface area contributed by atoms with E-state index in [1.54, 1.807) is 6.20 Å². The largest absolute Gasteiger partial charge is 0.373 e. The number of benzene rings is 1. The third-order valence-corrected chi connectivity index (χ3v) is 5.14. The van der Waals surface area contributed by atoms with Gasteiger partial charge in [0.1, 0.15) is 5.82 Å². The van der Waals surface area contributed by atoms with Gasteiger partial charge in [0.05, 0.1) is 0 Å². The van der Waals surface area contributed by atoms with E-state index >= 15 is 0 Å². The smallest absolute Gasteiger partial charge is 0.254 e. The van der Waals surface area contributed by atoms with Crippen LogP contribution in [0.3, 0.4) is 0 Å². The quantitative estimate of drug-likeness (QED) is 0.868. The molecule has 0 atom stereocenters. The molecule has 0 unspecified atom stereocenters. The zero-order chi connectivity index (χ0) is 18.4. The molecule has 0 bridgehead atoms. The van der Waals surface area contributed by atoms with Crippen LogP contribution in [0.1, 0.15) is 28.8 Å². The van der Waals surface area contributed by atoms with Crippen molar-refractivity contribution >= 4 is 11.7 Å². The second kappa shape index (κ2) is 8.81. The fraction of sp³-hybridized carbons (Fsp3) is 0.429. The maximum atomic E-state index is 13.3. The second-order valence-corrected chi connectivity index (χ2v) is 6.95. The molecular weight excluding hydrogens is 324 g/mol. The van der Waals surface area contributed by atoms with Crippen LogP contribution >= 0.6 is 0 Å². The number of piperidine rings is 1. The van der Waals surface area contributed by atoms with E-state index < -0.39 is 0 Å². The molecule has 138 valence electrons. The van der Waals surface area contributed by atoms with E-state index in [-0.39, 0.29) is 5.91 Å². The first kappa shape index (κ1) is 18.4. The van der Waals surface area contributed by atoms with E-state index in [1.807, 2.05) is 25.2 Å². The SMILES string of the molecule is CNc1cc(C(=O)N(CCc2ccccc2)C2CCN(C)CC2)ccn1. The number of nitrogens with zero attached hydrogens (tertiary/aromatic N) is 3. The summed E-state index contributed by atoms with van der Waals surface area (Å²) in [6.45, 7) is 2.82. The molecule has 1 aromatic carbocycles. The molecule has 1 saturated heterocycles. The van der Waals surface area contributed by atoms with Gasteiger partial charge in [-0.1, -0.05) is 30.3 Å². The number of rotatable bonds is 6. The van der Waals surface area contributed by atoms with Crippen LogP contribution in [-0.2, 0) is 6.42 Å². The van der Waals surface area contributed by atoms with Crippen LogP contribution in [0.2, 0.25) is 0 Å². The van der Waals surface area contributed by atoms with Crippen molar-refractivity contribution in [3.8, 4) is 0 Å². The van der Waals surface area contributed by atoms with Gasteiger partial charge >= 0.3 is 0 Å². The highest BCUT2D eigenvalue weighted by Crippen LogP contribution is 2.20. The molecular formula is C21H28N4O. The first-order chi connectivity index (χ1) is 12.7. The molecule has 1 aliphatic rings. The Labute approximate surface area is 156 Å². The van der Waals surface area contributed by atoms with E-state index in [2.05, 4.69) is 51.4 Å². The van der Waals surface area contributed by atoms with Crippen LogP contribution < -0.4 is 5.32 Å². The Morgan fingerprint density at radius 1 is 1.23 bits per heavy atom. The summed E-state index contributed by atoms with van der Waals surface area (Å²) in [7, 11) is 3.97. The summed E-state index contributed by atoms with van der Waals surface area (Å²) in [6, 6.07) is 14.3. The van der Waals surface area contributed by atoms with Gasteiger partial charge in [0.25, 0.3) is 5.91 Å². The van der Waals surface area contributed by atoms with E-state index in [1.165, 1.54) is 5.56 Å². The van der Waals surface area contributed by atoms with Gasteiger partial charge in [-0.25, -0.2) is 4.98 Å². The van der Waals surface area contributed by atoms with Crippen LogP contribution in [0.4, 0.5) is 5.82 Å². The van der Waals surface area contributed by atoms with E-state index in [0.29, 0.717) is 11.6 Å². The second-order valence-electron chi connectivity index (χ2n) is 6.95. The van der Waals surface area contributed by atoms with Crippen molar-refractivity contribution in [2.75, 3.05) is 39.0 Å². The lowest BCUT2D eigenvalue weighted by molar-refractivity contribution is 0.0594. The van der Waals surface area contributed by atoms with Crippen LogP contribution in [0, 0.1) is 0 Å². The lowest BCUT2D eigenvalue weighted by atomic mass is 10.0. The summed E-state index contributed by atoms with van der Waals surface area (Å²) in [5.41, 5.74) is 1.97. The highest BCUT2D eigenvalue weighted by molar-refractivity contribution is 5.95. The molecule has 1 fully saturated rings. The fourth-order valence-electron chi connectivity index (χ4n) is 3.52. The van der Waals surface area contributed by atoms with Crippen molar-refractivity contribution in [1.82, 2.24) is 14.8 Å². The monoisotopic (exact) mass is 352 g/mol. The molecule has 5 nitrogen and oxygen atoms in total. The standard InChI is InChI=1S/C21H28N4O/c1-22-20-16-18(8-12-23-20)21(26)25(19-10-13-24(2)14-11-19)15-9-17-6-4-3-5-7-17/h3-8,12,16,19H,9-11,13-15H2,1-2H3,(H,22,23). The Kier molecular flexibility index (Phi) is 6.23. The van der Waals surface area contributed by atoms with Gasteiger partial charge in [-0.3, -0.25) is 4.79 Å². The number of carbonyl (C=O) groups excluding carboxylic acids is 1. The summed E-state index contributed by atoms with van der Waals surface area (Å²) in [6.07, 6.45) is 4.63. The molecule has 0 radical (unpaired) electrons. The van der Waals surface area contributed by atoms with Gasteiger partial charge in [0.15, 0.2) is 0 Å². The van der Waals surface area contributed by atoms with Gasteiger partial charge in [0.2, 0.25) is 0 Å². The van der Waals surface area contributed by atoms with Crippen LogP contribution in [0.5, 0.6) is 0 Å². The van der Waals surface area contributed by atoms with Crippen molar-refractivity contribution in [2.45, 2.75) is 25.3 Å². The van der Waals surface area contributed by atoms with E-state index in [0.717, 1.165) is 44.7 Å². The third-order valence-electron chi connectivity index (χ3n) is 5.14. The summed E-state index contributed by atoms with van der Waals surface area (Å²) >= 11 is 0. The van der Waals surface area contributed by atoms with Gasteiger partial charge in [-0.15, -0.1) is 0 Å². The summed E-state index contributed by atoms with van der Waals surface area (Å²) in [5.74, 6) is 0.830. The molecule has 1 N–H and O–H groups in total. The molecule has 3 rings (SSSR count). The number of carbonyl (C=O) groups is 1. The molecule has 5 heteroatoms. The molecule has 1 aromatic heterocycles. The predicted molar refractivity (Wildman–Crippen MR) is 105 cm³/mol. The summed E-state index contributed by atoms with van der Waals surface area (Å²) < 4.78 is 0. The van der Waals surface area contributed by atoms with E-state index in [9.17, 15) is 4.79 Å². The Bertz CT molecular complexity index is 711. The Hall–Kier alpha value is -2.40. The van der Waals surface area contributed by atoms with Gasteiger partial charge in [-0.2, -0.15) is 0 Å². The topological polar surface area (TPSA) is 48.5 Å². The number of pyridine rings is 1. The Morgan fingerprint density at radius 3 is 2.65 bits per heavy atom. The van der Waals surface area contributed by atoms with Crippen LogP contribution in [0.15, 0.2) is 48.7 Å². The Balaban J connectivity index is 1.78. The predicted octanol–water partition coefficient (Wildman–Crippen LogP) is 2.90. The number of aromatic nitrogens is 1. The zero-order valence-electron chi connectivity index (χ0n) is 15.7. The number of anilines is 1. The summed E-state index contributed by atoms with van der Waals surface area (Å²) in [5, 5.41) is 3.02. The number of hydrogen-bond donors (Lipinski definition) is 1. The van der Waals surface area contributed by atoms with Crippen LogP contribution in [0.25, 0.3) is 0 Å². The average molecular weight is 352 g/mol. The molecule has 0 saturated carbocycles. The maximum absolute atomic E-state index is 13.3. The van der Waals surface area contributed by atoms with Crippen molar-refractivity contribution in [3.63, 3.8) is 0 Å². The number of likely N-dealkylation sites (tertiary alicyclic amines) is 1. The number of hydrogen-bond acceptors (Lipinski definition) is 4. The third kappa shape index (κ3) is 4.61. The highest BCUT2D eigenvalue weighted by atomic mass is 16.2. The lowest BCUT2D eigenvalue weighted by Crippen LogP contribution is -2.47. The maximum Gasteiger partial charge on any atom is 0.254 e. The van der Waals surface area contributed by atoms with Gasteiger partial charge in [-0.05, 0) is 57.1 Å². The lowest BCUT2D eigenvalue weighted by Gasteiger charge is -2.37. The Morgan fingerprint density at radius 2 is 1.96 bits per heavy atom. The molecule has 1 aliphatic heterocycles. The van der Waals surface area contributed by atoms with Crippen molar-refractivity contribution in [2.24, 2.45) is 0 Å². The van der Waals surface area contributed by atoms with Crippen LogP contribution in [-0.4, -0.2) is 60.5 Å². The first-order valence-corrected chi connectivity index (χ1v) is 9.34. The fourth-order valence-corrected chi connectivity index (χ4v) is 3.52. The average Bonchev–Trinajstić information content (AvgIpc) is 2.70. The minimum atomic E-state index is 0.106. The molecule has 26 heavy (non-hydrogen) atoms. The number of nitrogens with one attached hydrogen (secondary N) is 1. The summed E-state index contributed by atoms with van der Waals surface area (Å²) in [4.78, 5) is 21.9. The van der Waals surface area contributed by atoms with Crippen molar-refractivity contribution in [3.05, 3.63) is 59.8 Å². The minimum Gasteiger partial charge on any atom is -0.373 e. The normalized spacial score (nSPS) is 15.6. The highest BCUT2D eigenvalue weighted by Gasteiger charge is 2.27. The first-order valence-electron chi connectivity index (χ1n) is 9.34. The van der Waals surface area contributed by atoms with Gasteiger partial charge in [0, 0.05) is 31.4 Å². The molecule has 1 amide bonds. The number of amides is 1. The molecule has 2 aromatic rings. The van der Waals surface area contributed by atoms with Crippen molar-refractivity contribution in [1.29, 1.82) is 0 Å². The minimum absolute atomic E-state index is 0.106.